The zero-order chi connectivity index (χ0) is 19.1. The summed E-state index contributed by atoms with van der Waals surface area (Å²) in [6.07, 6.45) is 0. The number of carbonyl (C=O) groups is 1. The van der Waals surface area contributed by atoms with Gasteiger partial charge < -0.3 is 9.47 Å². The van der Waals surface area contributed by atoms with Crippen molar-refractivity contribution in [2.45, 2.75) is 43.9 Å². The molecule has 0 radical (unpaired) electrons. The van der Waals surface area contributed by atoms with Gasteiger partial charge in [-0.3, -0.25) is 4.79 Å². The first-order valence-corrected chi connectivity index (χ1v) is 10.6. The van der Waals surface area contributed by atoms with E-state index in [4.69, 9.17) is 0 Å². The zero-order valence-electron chi connectivity index (χ0n) is 16.4. The Bertz CT molecular complexity index is 1000. The first-order chi connectivity index (χ1) is 13.1. The van der Waals surface area contributed by atoms with Crippen molar-refractivity contribution in [2.75, 3.05) is 13.1 Å². The maximum absolute atomic E-state index is 13.5. The van der Waals surface area contributed by atoms with Gasteiger partial charge in [-0.15, -0.1) is 11.8 Å². The molecular weight excluding hydrogens is 352 g/mol. The molecule has 2 aromatic carbocycles. The number of fused-ring (bicyclic) bond motifs is 5. The highest BCUT2D eigenvalue weighted by molar-refractivity contribution is 8.00. The Kier molecular flexibility index (Phi) is 4.77. The number of rotatable bonds is 4. The third-order valence-electron chi connectivity index (χ3n) is 5.41. The van der Waals surface area contributed by atoms with Crippen LogP contribution >= 0.6 is 11.8 Å². The van der Waals surface area contributed by atoms with Crippen molar-refractivity contribution in [1.29, 1.82) is 0 Å². The Labute approximate surface area is 165 Å². The van der Waals surface area contributed by atoms with Crippen LogP contribution in [0.5, 0.6) is 0 Å². The predicted octanol–water partition coefficient (Wildman–Crippen LogP) is 5.90. The highest BCUT2D eigenvalue weighted by atomic mass is 32.2. The Balaban J connectivity index is 2.05. The van der Waals surface area contributed by atoms with Crippen LogP contribution < -0.4 is 0 Å². The molecule has 0 saturated heterocycles. The van der Waals surface area contributed by atoms with Gasteiger partial charge in [-0.05, 0) is 39.8 Å². The summed E-state index contributed by atoms with van der Waals surface area (Å²) in [5, 5.41) is 1.01. The number of benzene rings is 2. The summed E-state index contributed by atoms with van der Waals surface area (Å²) in [7, 11) is 0. The van der Waals surface area contributed by atoms with Crippen LogP contribution in [0.3, 0.4) is 0 Å². The molecule has 3 nitrogen and oxygen atoms in total. The van der Waals surface area contributed by atoms with Crippen LogP contribution in [0.2, 0.25) is 0 Å². The van der Waals surface area contributed by atoms with Crippen LogP contribution in [0.4, 0.5) is 0 Å². The van der Waals surface area contributed by atoms with Crippen LogP contribution in [-0.2, 0) is 4.79 Å². The van der Waals surface area contributed by atoms with Gasteiger partial charge in [0.15, 0.2) is 0 Å². The van der Waals surface area contributed by atoms with Gasteiger partial charge in [-0.2, -0.15) is 0 Å². The first kappa shape index (κ1) is 18.2. The average molecular weight is 379 g/mol. The zero-order valence-corrected chi connectivity index (χ0v) is 17.2. The number of para-hydroxylation sites is 1. The van der Waals surface area contributed by atoms with Gasteiger partial charge in [0.05, 0.1) is 5.69 Å². The molecule has 0 N–H and O–H groups in total. The van der Waals surface area contributed by atoms with Crippen molar-refractivity contribution in [1.82, 2.24) is 9.47 Å². The van der Waals surface area contributed by atoms with Crippen molar-refractivity contribution < 1.29 is 4.79 Å². The highest BCUT2D eigenvalue weighted by Gasteiger charge is 2.37. The molecular formula is C23H26N2OS. The minimum absolute atomic E-state index is 0.195. The van der Waals surface area contributed by atoms with E-state index in [9.17, 15) is 4.79 Å². The van der Waals surface area contributed by atoms with Gasteiger partial charge in [0.1, 0.15) is 5.25 Å². The lowest BCUT2D eigenvalue weighted by molar-refractivity contribution is -0.130. The number of thioether (sulfide) groups is 1. The summed E-state index contributed by atoms with van der Waals surface area (Å²) in [5.41, 5.74) is 4.85. The summed E-state index contributed by atoms with van der Waals surface area (Å²) in [6, 6.07) is 17.3. The average Bonchev–Trinajstić information content (AvgIpc) is 3.04. The number of aromatic nitrogens is 1. The summed E-state index contributed by atoms with van der Waals surface area (Å²) in [4.78, 5) is 16.6. The SMILES string of the molecule is CCN(CC)C(=O)C1Sc2ccccc2-c2c1c1ccccc1n2C(C)C. The molecule has 1 aromatic heterocycles. The molecule has 4 heteroatoms. The van der Waals surface area contributed by atoms with Gasteiger partial charge in [-0.1, -0.05) is 36.4 Å². The number of nitrogens with zero attached hydrogens (tertiary/aromatic N) is 2. The van der Waals surface area contributed by atoms with Gasteiger partial charge in [0, 0.05) is 46.1 Å². The van der Waals surface area contributed by atoms with E-state index in [2.05, 4.69) is 80.8 Å². The van der Waals surface area contributed by atoms with Crippen molar-refractivity contribution in [2.24, 2.45) is 0 Å². The molecule has 0 aliphatic carbocycles. The maximum Gasteiger partial charge on any atom is 0.240 e. The second-order valence-corrected chi connectivity index (χ2v) is 8.39. The van der Waals surface area contributed by atoms with Crippen LogP contribution in [0.25, 0.3) is 22.2 Å². The van der Waals surface area contributed by atoms with E-state index < -0.39 is 0 Å². The van der Waals surface area contributed by atoms with Crippen LogP contribution in [0.1, 0.15) is 44.6 Å². The fourth-order valence-electron chi connectivity index (χ4n) is 4.19. The minimum Gasteiger partial charge on any atom is -0.342 e. The molecule has 1 aliphatic rings. The van der Waals surface area contributed by atoms with Crippen molar-refractivity contribution in [3.8, 4) is 11.3 Å². The van der Waals surface area contributed by atoms with Crippen LogP contribution in [-0.4, -0.2) is 28.5 Å². The third-order valence-corrected chi connectivity index (χ3v) is 6.70. The summed E-state index contributed by atoms with van der Waals surface area (Å²) >= 11 is 1.70. The highest BCUT2D eigenvalue weighted by Crippen LogP contribution is 2.53. The summed E-state index contributed by atoms with van der Waals surface area (Å²) in [5.74, 6) is 0.215. The lowest BCUT2D eigenvalue weighted by Crippen LogP contribution is -2.34. The summed E-state index contributed by atoms with van der Waals surface area (Å²) < 4.78 is 2.41. The van der Waals surface area contributed by atoms with Crippen LogP contribution in [0.15, 0.2) is 53.4 Å². The lowest BCUT2D eigenvalue weighted by Gasteiger charge is -2.30. The lowest BCUT2D eigenvalue weighted by atomic mass is 10.0. The second-order valence-electron chi connectivity index (χ2n) is 7.25. The van der Waals surface area contributed by atoms with Gasteiger partial charge in [-0.25, -0.2) is 0 Å². The van der Waals surface area contributed by atoms with Crippen molar-refractivity contribution in [3.05, 3.63) is 54.1 Å². The summed E-state index contributed by atoms with van der Waals surface area (Å²) in [6.45, 7) is 10.0. The van der Waals surface area contributed by atoms with E-state index in [0.29, 0.717) is 6.04 Å². The molecule has 0 fully saturated rings. The molecule has 0 bridgehead atoms. The van der Waals surface area contributed by atoms with Crippen LogP contribution in [0, 0.1) is 0 Å². The first-order valence-electron chi connectivity index (χ1n) is 9.76. The molecule has 1 aliphatic heterocycles. The largest absolute Gasteiger partial charge is 0.342 e. The smallest absolute Gasteiger partial charge is 0.240 e. The van der Waals surface area contributed by atoms with E-state index >= 15 is 0 Å². The fraction of sp³-hybridized carbons (Fsp3) is 0.348. The Morgan fingerprint density at radius 2 is 1.74 bits per heavy atom. The molecule has 0 spiro atoms. The molecule has 1 unspecified atom stereocenters. The molecule has 27 heavy (non-hydrogen) atoms. The monoisotopic (exact) mass is 378 g/mol. The predicted molar refractivity (Wildman–Crippen MR) is 114 cm³/mol. The Morgan fingerprint density at radius 3 is 2.44 bits per heavy atom. The quantitative estimate of drug-likeness (QED) is 0.564. The molecule has 3 aromatic rings. The number of hydrogen-bond acceptors (Lipinski definition) is 2. The van der Waals surface area contributed by atoms with Gasteiger partial charge in [0.25, 0.3) is 0 Å². The molecule has 2 heterocycles. The molecule has 1 atom stereocenters. The van der Waals surface area contributed by atoms with E-state index in [0.717, 1.165) is 13.1 Å². The minimum atomic E-state index is -0.195. The van der Waals surface area contributed by atoms with Crippen molar-refractivity contribution >= 4 is 28.6 Å². The topological polar surface area (TPSA) is 25.2 Å². The number of carbonyl (C=O) groups excluding carboxylic acids is 1. The maximum atomic E-state index is 13.5. The standard InChI is InChI=1S/C23H26N2OS/c1-5-24(6-2)23(26)22-20-16-11-7-9-13-18(16)25(15(3)4)21(20)17-12-8-10-14-19(17)27-22/h7-15,22H,5-6H2,1-4H3. The number of amides is 1. The van der Waals surface area contributed by atoms with Crippen molar-refractivity contribution in [3.63, 3.8) is 0 Å². The molecule has 0 saturated carbocycles. The number of hydrogen-bond donors (Lipinski definition) is 0. The van der Waals surface area contributed by atoms with Gasteiger partial charge in [0.2, 0.25) is 5.91 Å². The normalized spacial score (nSPS) is 15.7. The van der Waals surface area contributed by atoms with E-state index in [1.54, 1.807) is 11.8 Å². The number of likely N-dealkylation sites (N-methyl/N-ethyl adjacent to an activating group) is 1. The van der Waals surface area contributed by atoms with E-state index in [1.807, 2.05) is 4.90 Å². The fourth-order valence-corrected chi connectivity index (χ4v) is 5.50. The van der Waals surface area contributed by atoms with Gasteiger partial charge >= 0.3 is 0 Å². The molecule has 140 valence electrons. The third kappa shape index (κ3) is 2.78. The molecule has 4 rings (SSSR count). The molecule has 1 amide bonds. The second kappa shape index (κ2) is 7.08. The van der Waals surface area contributed by atoms with E-state index in [-0.39, 0.29) is 11.2 Å². The van der Waals surface area contributed by atoms with E-state index in [1.165, 1.54) is 32.6 Å². The Hall–Kier alpha value is -2.20. The Morgan fingerprint density at radius 1 is 1.07 bits per heavy atom.